The van der Waals surface area contributed by atoms with Crippen molar-refractivity contribution < 1.29 is 23.1 Å². The van der Waals surface area contributed by atoms with Gasteiger partial charge in [0, 0.05) is 11.4 Å². The maximum atomic E-state index is 13.2. The van der Waals surface area contributed by atoms with Crippen molar-refractivity contribution in [3.63, 3.8) is 0 Å². The van der Waals surface area contributed by atoms with Crippen molar-refractivity contribution in [2.24, 2.45) is 0 Å². The second-order valence-electron chi connectivity index (χ2n) is 8.86. The highest BCUT2D eigenvalue weighted by atomic mass is 35.5. The average molecular weight is 583 g/mol. The maximum Gasteiger partial charge on any atom is 0.326 e. The van der Waals surface area contributed by atoms with Crippen LogP contribution >= 0.6 is 23.2 Å². The van der Waals surface area contributed by atoms with Crippen LogP contribution in [0, 0.1) is 6.92 Å². The number of hydrogen-bond donors (Lipinski definition) is 3. The van der Waals surface area contributed by atoms with E-state index in [-0.39, 0.29) is 32.6 Å². The minimum atomic E-state index is -4.22. The van der Waals surface area contributed by atoms with Crippen LogP contribution in [0.15, 0.2) is 95.9 Å². The van der Waals surface area contributed by atoms with Crippen molar-refractivity contribution in [1.82, 2.24) is 5.32 Å². The first-order valence-electron chi connectivity index (χ1n) is 11.8. The maximum absolute atomic E-state index is 13.2. The number of anilines is 1. The molecule has 4 aromatic rings. The molecule has 0 aromatic heterocycles. The number of aryl methyl sites for hydroxylation is 1. The zero-order valence-corrected chi connectivity index (χ0v) is 23.0. The highest BCUT2D eigenvalue weighted by Gasteiger charge is 2.25. The molecule has 4 rings (SSSR count). The molecular formula is C29H24Cl2N2O5S. The molecule has 10 heteroatoms. The van der Waals surface area contributed by atoms with Gasteiger partial charge in [0.2, 0.25) is 0 Å². The third kappa shape index (κ3) is 6.97. The Morgan fingerprint density at radius 2 is 1.54 bits per heavy atom. The minimum absolute atomic E-state index is 0.0289. The first-order valence-corrected chi connectivity index (χ1v) is 14.0. The van der Waals surface area contributed by atoms with E-state index in [9.17, 15) is 23.1 Å². The largest absolute Gasteiger partial charge is 0.480 e. The Hall–Kier alpha value is -3.85. The van der Waals surface area contributed by atoms with E-state index in [0.29, 0.717) is 11.1 Å². The number of amides is 1. The Kier molecular flexibility index (Phi) is 8.60. The summed E-state index contributed by atoms with van der Waals surface area (Å²) in [6.07, 6.45) is 0.0289. The lowest BCUT2D eigenvalue weighted by atomic mass is 10.0. The fourth-order valence-electron chi connectivity index (χ4n) is 3.95. The lowest BCUT2D eigenvalue weighted by Gasteiger charge is -2.18. The SMILES string of the molecule is Cc1ccc(NS(=O)(=O)c2cc(Cl)ccc2Cl)c(C(=O)N[C@@H](Cc2ccc(-c3ccccc3)cc2)C(=O)O)c1. The first-order chi connectivity index (χ1) is 18.5. The van der Waals surface area contributed by atoms with Gasteiger partial charge in [0.1, 0.15) is 10.9 Å². The summed E-state index contributed by atoms with van der Waals surface area (Å²) in [5.41, 5.74) is 3.32. The van der Waals surface area contributed by atoms with E-state index in [4.69, 9.17) is 23.2 Å². The van der Waals surface area contributed by atoms with Gasteiger partial charge in [0.15, 0.2) is 0 Å². The monoisotopic (exact) mass is 582 g/mol. The van der Waals surface area contributed by atoms with E-state index in [0.717, 1.165) is 11.1 Å². The van der Waals surface area contributed by atoms with Crippen molar-refractivity contribution in [2.45, 2.75) is 24.3 Å². The van der Waals surface area contributed by atoms with E-state index in [1.807, 2.05) is 54.6 Å². The molecule has 0 spiro atoms. The van der Waals surface area contributed by atoms with Gasteiger partial charge in [-0.1, -0.05) is 89.4 Å². The zero-order valence-electron chi connectivity index (χ0n) is 20.7. The number of carbonyl (C=O) groups is 2. The van der Waals surface area contributed by atoms with Crippen LogP contribution < -0.4 is 10.0 Å². The number of hydrogen-bond acceptors (Lipinski definition) is 4. The smallest absolute Gasteiger partial charge is 0.326 e. The quantitative estimate of drug-likeness (QED) is 0.217. The lowest BCUT2D eigenvalue weighted by molar-refractivity contribution is -0.139. The summed E-state index contributed by atoms with van der Waals surface area (Å²) in [5, 5.41) is 12.5. The first kappa shape index (κ1) is 28.2. The Bertz CT molecular complexity index is 1630. The van der Waals surface area contributed by atoms with Gasteiger partial charge < -0.3 is 10.4 Å². The molecule has 0 saturated heterocycles. The second kappa shape index (κ2) is 11.9. The van der Waals surface area contributed by atoms with Gasteiger partial charge in [-0.05, 0) is 53.9 Å². The number of aliphatic carboxylic acids is 1. The highest BCUT2D eigenvalue weighted by Crippen LogP contribution is 2.28. The van der Waals surface area contributed by atoms with Crippen LogP contribution in [-0.2, 0) is 21.2 Å². The molecule has 0 aliphatic carbocycles. The molecule has 200 valence electrons. The zero-order chi connectivity index (χ0) is 28.2. The predicted molar refractivity (Wildman–Crippen MR) is 153 cm³/mol. The Morgan fingerprint density at radius 1 is 0.872 bits per heavy atom. The van der Waals surface area contributed by atoms with Crippen LogP contribution in [0.5, 0.6) is 0 Å². The summed E-state index contributed by atoms with van der Waals surface area (Å²) >= 11 is 12.0. The van der Waals surface area contributed by atoms with Gasteiger partial charge >= 0.3 is 5.97 Å². The molecule has 0 aliphatic heterocycles. The molecule has 3 N–H and O–H groups in total. The number of carbonyl (C=O) groups excluding carboxylic acids is 1. The third-order valence-electron chi connectivity index (χ3n) is 5.95. The average Bonchev–Trinajstić information content (AvgIpc) is 2.91. The molecule has 1 atom stereocenters. The summed E-state index contributed by atoms with van der Waals surface area (Å²) < 4.78 is 28.5. The second-order valence-corrected chi connectivity index (χ2v) is 11.4. The van der Waals surface area contributed by atoms with Crippen LogP contribution in [0.25, 0.3) is 11.1 Å². The Morgan fingerprint density at radius 3 is 2.21 bits per heavy atom. The molecule has 0 heterocycles. The van der Waals surface area contributed by atoms with Crippen LogP contribution in [0.2, 0.25) is 10.0 Å². The molecule has 7 nitrogen and oxygen atoms in total. The molecule has 39 heavy (non-hydrogen) atoms. The molecular weight excluding hydrogens is 559 g/mol. The van der Waals surface area contributed by atoms with Crippen molar-refractivity contribution in [3.8, 4) is 11.1 Å². The number of benzene rings is 4. The minimum Gasteiger partial charge on any atom is -0.480 e. The highest BCUT2D eigenvalue weighted by molar-refractivity contribution is 7.92. The van der Waals surface area contributed by atoms with Crippen molar-refractivity contribution in [2.75, 3.05) is 4.72 Å². The number of sulfonamides is 1. The van der Waals surface area contributed by atoms with Gasteiger partial charge in [-0.2, -0.15) is 0 Å². The van der Waals surface area contributed by atoms with Gasteiger partial charge in [0.25, 0.3) is 15.9 Å². The van der Waals surface area contributed by atoms with Crippen molar-refractivity contribution in [1.29, 1.82) is 0 Å². The Labute approximate surface area is 236 Å². The van der Waals surface area contributed by atoms with E-state index in [1.165, 1.54) is 30.3 Å². The van der Waals surface area contributed by atoms with Crippen LogP contribution in [0.1, 0.15) is 21.5 Å². The Balaban J connectivity index is 1.55. The lowest BCUT2D eigenvalue weighted by Crippen LogP contribution is -2.42. The molecule has 1 amide bonds. The number of nitrogens with one attached hydrogen (secondary N) is 2. The van der Waals surface area contributed by atoms with Gasteiger partial charge in [-0.25, -0.2) is 13.2 Å². The summed E-state index contributed by atoms with van der Waals surface area (Å²) in [4.78, 5) is 25.0. The molecule has 0 aliphatic rings. The topological polar surface area (TPSA) is 113 Å². The summed E-state index contributed by atoms with van der Waals surface area (Å²) in [7, 11) is -4.22. The molecule has 0 bridgehead atoms. The fourth-order valence-corrected chi connectivity index (χ4v) is 5.80. The van der Waals surface area contributed by atoms with Crippen LogP contribution in [-0.4, -0.2) is 31.4 Å². The van der Waals surface area contributed by atoms with Crippen LogP contribution in [0.3, 0.4) is 0 Å². The normalized spacial score (nSPS) is 12.0. The van der Waals surface area contributed by atoms with E-state index < -0.39 is 27.9 Å². The third-order valence-corrected chi connectivity index (χ3v) is 8.03. The molecule has 4 aromatic carbocycles. The van der Waals surface area contributed by atoms with Crippen LogP contribution in [0.4, 0.5) is 5.69 Å². The van der Waals surface area contributed by atoms with E-state index in [2.05, 4.69) is 10.0 Å². The number of carboxylic acid groups (broad SMARTS) is 1. The van der Waals surface area contributed by atoms with E-state index in [1.54, 1.807) is 13.0 Å². The molecule has 0 fully saturated rings. The summed E-state index contributed by atoms with van der Waals surface area (Å²) in [6, 6.07) is 24.4. The van der Waals surface area contributed by atoms with E-state index >= 15 is 0 Å². The predicted octanol–water partition coefficient (Wildman–Crippen LogP) is 6.20. The van der Waals surface area contributed by atoms with Gasteiger partial charge in [0.05, 0.1) is 16.3 Å². The number of rotatable bonds is 9. The molecule has 0 saturated carbocycles. The number of carboxylic acids is 1. The van der Waals surface area contributed by atoms with Crippen molar-refractivity contribution >= 4 is 50.8 Å². The van der Waals surface area contributed by atoms with Gasteiger partial charge in [-0.3, -0.25) is 9.52 Å². The number of halogens is 2. The summed E-state index contributed by atoms with van der Waals surface area (Å²) in [6.45, 7) is 1.73. The fraction of sp³-hybridized carbons (Fsp3) is 0.103. The van der Waals surface area contributed by atoms with Crippen molar-refractivity contribution in [3.05, 3.63) is 118 Å². The standard InChI is InChI=1S/C29H24Cl2N2O5S/c1-18-7-14-25(33-39(37,38)27-17-22(30)12-13-24(27)31)23(15-18)28(34)32-26(29(35)36)16-19-8-10-21(11-9-19)20-5-3-2-4-6-20/h2-15,17,26,33H,16H2,1H3,(H,32,34)(H,35,36)/t26-/m0/s1. The summed E-state index contributed by atoms with van der Waals surface area (Å²) in [5.74, 6) is -1.97. The molecule has 0 unspecified atom stereocenters. The molecule has 0 radical (unpaired) electrons. The van der Waals surface area contributed by atoms with Gasteiger partial charge in [-0.15, -0.1) is 0 Å².